The zero-order chi connectivity index (χ0) is 29.5. The predicted octanol–water partition coefficient (Wildman–Crippen LogP) is 11.3. The minimum atomic E-state index is 0.925. The lowest BCUT2D eigenvalue weighted by molar-refractivity contribution is 1.08. The van der Waals surface area contributed by atoms with Crippen molar-refractivity contribution >= 4 is 75.1 Å². The standard InChI is InChI=1S/C41H25N3S/c1-5-20-34-26(12-1)27-13-2-6-21-35(27)43(34)38-24-10-17-31-30-16-9-18-32(40(30)45-41(31)38)33-19-11-25-39(42-33)44-36-22-7-3-14-28(36)29-15-4-8-23-37(29)44/h1-25H. The first-order valence-corrected chi connectivity index (χ1v) is 16.1. The Kier molecular flexibility index (Phi) is 5.16. The number of aromatic nitrogens is 3. The third kappa shape index (κ3) is 3.48. The molecule has 210 valence electrons. The topological polar surface area (TPSA) is 22.8 Å². The van der Waals surface area contributed by atoms with Gasteiger partial charge in [-0.3, -0.25) is 4.57 Å². The average molecular weight is 592 g/mol. The van der Waals surface area contributed by atoms with Crippen molar-refractivity contribution in [1.82, 2.24) is 14.1 Å². The molecule has 4 aromatic heterocycles. The van der Waals surface area contributed by atoms with Gasteiger partial charge in [0, 0.05) is 42.6 Å². The van der Waals surface area contributed by atoms with E-state index in [1.165, 1.54) is 69.5 Å². The van der Waals surface area contributed by atoms with Gasteiger partial charge in [-0.05, 0) is 42.5 Å². The molecule has 45 heavy (non-hydrogen) atoms. The molecule has 0 aliphatic heterocycles. The molecule has 0 bridgehead atoms. The second-order valence-corrected chi connectivity index (χ2v) is 12.6. The summed E-state index contributed by atoms with van der Waals surface area (Å²) in [4.78, 5) is 5.32. The fourth-order valence-electron chi connectivity index (χ4n) is 7.23. The van der Waals surface area contributed by atoms with Gasteiger partial charge in [0.1, 0.15) is 5.82 Å². The maximum atomic E-state index is 5.32. The molecule has 0 fully saturated rings. The maximum Gasteiger partial charge on any atom is 0.138 e. The lowest BCUT2D eigenvalue weighted by Gasteiger charge is -2.09. The molecule has 4 heteroatoms. The second kappa shape index (κ2) is 9.39. The van der Waals surface area contributed by atoms with Crippen LogP contribution in [0, 0.1) is 0 Å². The summed E-state index contributed by atoms with van der Waals surface area (Å²) in [5, 5.41) is 7.57. The highest BCUT2D eigenvalue weighted by molar-refractivity contribution is 7.26. The number of pyridine rings is 1. The van der Waals surface area contributed by atoms with Gasteiger partial charge >= 0.3 is 0 Å². The van der Waals surface area contributed by atoms with Crippen LogP contribution >= 0.6 is 11.3 Å². The van der Waals surface area contributed by atoms with Gasteiger partial charge in [0.15, 0.2) is 0 Å². The third-order valence-electron chi connectivity index (χ3n) is 9.14. The van der Waals surface area contributed by atoms with Gasteiger partial charge in [0.05, 0.1) is 38.1 Å². The Morgan fingerprint density at radius 2 is 0.844 bits per heavy atom. The summed E-state index contributed by atoms with van der Waals surface area (Å²) in [6.07, 6.45) is 0. The lowest BCUT2D eigenvalue weighted by atomic mass is 10.1. The number of para-hydroxylation sites is 4. The molecule has 0 amide bonds. The van der Waals surface area contributed by atoms with Gasteiger partial charge in [0.2, 0.25) is 0 Å². The first kappa shape index (κ1) is 24.7. The molecule has 0 atom stereocenters. The zero-order valence-corrected chi connectivity index (χ0v) is 25.0. The van der Waals surface area contributed by atoms with E-state index in [0.29, 0.717) is 0 Å². The Morgan fingerprint density at radius 3 is 1.44 bits per heavy atom. The van der Waals surface area contributed by atoms with Crippen LogP contribution in [-0.2, 0) is 0 Å². The van der Waals surface area contributed by atoms with Gasteiger partial charge < -0.3 is 4.57 Å². The molecular weight excluding hydrogens is 567 g/mol. The Labute approximate surface area is 262 Å². The van der Waals surface area contributed by atoms with Gasteiger partial charge in [0.25, 0.3) is 0 Å². The molecule has 0 saturated carbocycles. The molecule has 3 nitrogen and oxygen atoms in total. The van der Waals surface area contributed by atoms with Gasteiger partial charge in [-0.1, -0.05) is 109 Å². The van der Waals surface area contributed by atoms with Crippen molar-refractivity contribution in [2.24, 2.45) is 0 Å². The molecule has 0 aliphatic carbocycles. The van der Waals surface area contributed by atoms with E-state index in [1.54, 1.807) is 0 Å². The van der Waals surface area contributed by atoms with E-state index >= 15 is 0 Å². The van der Waals surface area contributed by atoms with Crippen molar-refractivity contribution in [2.75, 3.05) is 0 Å². The fraction of sp³-hybridized carbons (Fsp3) is 0. The van der Waals surface area contributed by atoms with Crippen molar-refractivity contribution in [1.29, 1.82) is 0 Å². The van der Waals surface area contributed by atoms with Crippen LogP contribution in [0.25, 0.3) is 86.5 Å². The monoisotopic (exact) mass is 591 g/mol. The van der Waals surface area contributed by atoms with Crippen LogP contribution in [0.4, 0.5) is 0 Å². The van der Waals surface area contributed by atoms with Crippen LogP contribution in [0.1, 0.15) is 0 Å². The van der Waals surface area contributed by atoms with E-state index < -0.39 is 0 Å². The van der Waals surface area contributed by atoms with Crippen LogP contribution in [0.15, 0.2) is 152 Å². The molecule has 6 aromatic carbocycles. The minimum Gasteiger partial charge on any atom is -0.308 e. The van der Waals surface area contributed by atoms with Gasteiger partial charge in [-0.25, -0.2) is 4.98 Å². The van der Waals surface area contributed by atoms with Crippen LogP contribution in [0.2, 0.25) is 0 Å². The largest absolute Gasteiger partial charge is 0.308 e. The zero-order valence-electron chi connectivity index (χ0n) is 24.2. The summed E-state index contributed by atoms with van der Waals surface area (Å²) in [6, 6.07) is 54.4. The molecule has 4 heterocycles. The molecule has 10 aromatic rings. The molecule has 0 N–H and O–H groups in total. The summed E-state index contributed by atoms with van der Waals surface area (Å²) in [5.41, 5.74) is 8.13. The van der Waals surface area contributed by atoms with Gasteiger partial charge in [-0.15, -0.1) is 11.3 Å². The highest BCUT2D eigenvalue weighted by Gasteiger charge is 2.19. The van der Waals surface area contributed by atoms with E-state index in [2.05, 4.69) is 161 Å². The van der Waals surface area contributed by atoms with E-state index in [-0.39, 0.29) is 0 Å². The summed E-state index contributed by atoms with van der Waals surface area (Å²) >= 11 is 1.87. The highest BCUT2D eigenvalue weighted by Crippen LogP contribution is 2.44. The quantitative estimate of drug-likeness (QED) is 0.200. The highest BCUT2D eigenvalue weighted by atomic mass is 32.1. The SMILES string of the molecule is c1cc(-c2cccc3c2sc2c(-n4c5ccccc5c5ccccc54)cccc23)nc(-n2c3ccccc3c3ccccc32)c1. The summed E-state index contributed by atoms with van der Waals surface area (Å²) in [6.45, 7) is 0. The summed E-state index contributed by atoms with van der Waals surface area (Å²) in [5.74, 6) is 0.925. The van der Waals surface area contributed by atoms with Crippen molar-refractivity contribution in [3.05, 3.63) is 152 Å². The number of benzene rings is 6. The van der Waals surface area contributed by atoms with E-state index in [9.17, 15) is 0 Å². The molecule has 0 aliphatic rings. The van der Waals surface area contributed by atoms with Crippen molar-refractivity contribution in [3.8, 4) is 22.8 Å². The van der Waals surface area contributed by atoms with Crippen molar-refractivity contribution < 1.29 is 0 Å². The summed E-state index contributed by atoms with van der Waals surface area (Å²) < 4.78 is 7.26. The number of fused-ring (bicyclic) bond motifs is 9. The molecular formula is C41H25N3S. The lowest BCUT2D eigenvalue weighted by Crippen LogP contribution is -1.98. The number of rotatable bonds is 3. The van der Waals surface area contributed by atoms with Crippen LogP contribution in [0.3, 0.4) is 0 Å². The third-order valence-corrected chi connectivity index (χ3v) is 10.4. The normalized spacial score (nSPS) is 12.0. The maximum absolute atomic E-state index is 5.32. The second-order valence-electron chi connectivity index (χ2n) is 11.6. The number of nitrogens with zero attached hydrogens (tertiary/aromatic N) is 3. The van der Waals surface area contributed by atoms with E-state index in [1.807, 2.05) is 11.3 Å². The summed E-state index contributed by atoms with van der Waals surface area (Å²) in [7, 11) is 0. The minimum absolute atomic E-state index is 0.925. The Morgan fingerprint density at radius 1 is 0.378 bits per heavy atom. The van der Waals surface area contributed by atoms with E-state index in [4.69, 9.17) is 4.98 Å². The molecule has 0 spiro atoms. The van der Waals surface area contributed by atoms with Crippen LogP contribution < -0.4 is 0 Å². The number of hydrogen-bond acceptors (Lipinski definition) is 2. The predicted molar refractivity (Wildman–Crippen MR) is 191 cm³/mol. The van der Waals surface area contributed by atoms with Crippen molar-refractivity contribution in [3.63, 3.8) is 0 Å². The first-order chi connectivity index (χ1) is 22.3. The fourth-order valence-corrected chi connectivity index (χ4v) is 8.56. The number of hydrogen-bond donors (Lipinski definition) is 0. The van der Waals surface area contributed by atoms with Crippen LogP contribution in [0.5, 0.6) is 0 Å². The Balaban J connectivity index is 1.21. The average Bonchev–Trinajstić information content (AvgIpc) is 3.76. The van der Waals surface area contributed by atoms with Crippen molar-refractivity contribution in [2.45, 2.75) is 0 Å². The smallest absolute Gasteiger partial charge is 0.138 e. The Bertz CT molecular complexity index is 2670. The van der Waals surface area contributed by atoms with Crippen LogP contribution in [-0.4, -0.2) is 14.1 Å². The molecule has 0 unspecified atom stereocenters. The Hall–Kier alpha value is -5.71. The first-order valence-electron chi connectivity index (χ1n) is 15.2. The molecule has 10 rings (SSSR count). The molecule has 0 saturated heterocycles. The van der Waals surface area contributed by atoms with Gasteiger partial charge in [-0.2, -0.15) is 0 Å². The number of thiophene rings is 1. The van der Waals surface area contributed by atoms with E-state index in [0.717, 1.165) is 17.1 Å². The molecule has 0 radical (unpaired) electrons.